The average Bonchev–Trinajstić information content (AvgIpc) is 2.46. The molecule has 0 aliphatic carbocycles. The van der Waals surface area contributed by atoms with E-state index < -0.39 is 0 Å². The standard InChI is InChI=1S/C13H9N3O2/c1-18-13-12(4-9(8-17)7-16-13)10-2-3-15-11(5-10)6-14/h2-5,7-8H,1H3. The monoisotopic (exact) mass is 239 g/mol. The molecule has 5 nitrogen and oxygen atoms in total. The predicted molar refractivity (Wildman–Crippen MR) is 64.1 cm³/mol. The molecule has 0 unspecified atom stereocenters. The average molecular weight is 239 g/mol. The number of nitrogens with zero attached hydrogens (tertiary/aromatic N) is 3. The van der Waals surface area contributed by atoms with E-state index in [2.05, 4.69) is 9.97 Å². The second kappa shape index (κ2) is 5.06. The van der Waals surface area contributed by atoms with Crippen molar-refractivity contribution in [2.24, 2.45) is 0 Å². The van der Waals surface area contributed by atoms with Crippen molar-refractivity contribution >= 4 is 6.29 Å². The molecule has 88 valence electrons. The number of rotatable bonds is 3. The minimum absolute atomic E-state index is 0.297. The number of hydrogen-bond acceptors (Lipinski definition) is 5. The van der Waals surface area contributed by atoms with Gasteiger partial charge in [0, 0.05) is 23.5 Å². The van der Waals surface area contributed by atoms with Gasteiger partial charge in [0.15, 0.2) is 6.29 Å². The van der Waals surface area contributed by atoms with Crippen LogP contribution < -0.4 is 4.74 Å². The first-order chi connectivity index (χ1) is 8.78. The summed E-state index contributed by atoms with van der Waals surface area (Å²) in [5.74, 6) is 0.399. The van der Waals surface area contributed by atoms with Gasteiger partial charge < -0.3 is 4.74 Å². The van der Waals surface area contributed by atoms with E-state index in [0.29, 0.717) is 29.0 Å². The number of methoxy groups -OCH3 is 1. The first-order valence-corrected chi connectivity index (χ1v) is 5.14. The van der Waals surface area contributed by atoms with Gasteiger partial charge in [-0.2, -0.15) is 5.26 Å². The molecule has 2 heterocycles. The number of carbonyl (C=O) groups excluding carboxylic acids is 1. The molecular weight excluding hydrogens is 230 g/mol. The van der Waals surface area contributed by atoms with Crippen LogP contribution in [0.3, 0.4) is 0 Å². The molecule has 0 radical (unpaired) electrons. The summed E-state index contributed by atoms with van der Waals surface area (Å²) < 4.78 is 5.14. The molecule has 18 heavy (non-hydrogen) atoms. The number of carbonyl (C=O) groups is 1. The van der Waals surface area contributed by atoms with Crippen LogP contribution in [0.5, 0.6) is 5.88 Å². The number of nitriles is 1. The van der Waals surface area contributed by atoms with Gasteiger partial charge in [0.05, 0.1) is 7.11 Å². The van der Waals surface area contributed by atoms with Crippen molar-refractivity contribution in [3.8, 4) is 23.1 Å². The smallest absolute Gasteiger partial charge is 0.221 e. The van der Waals surface area contributed by atoms with Gasteiger partial charge in [-0.3, -0.25) is 4.79 Å². The van der Waals surface area contributed by atoms with Crippen LogP contribution in [-0.2, 0) is 0 Å². The second-order valence-corrected chi connectivity index (χ2v) is 3.48. The lowest BCUT2D eigenvalue weighted by Crippen LogP contribution is -1.94. The van der Waals surface area contributed by atoms with Crippen molar-refractivity contribution < 1.29 is 9.53 Å². The lowest BCUT2D eigenvalue weighted by Gasteiger charge is -2.07. The Bertz CT molecular complexity index is 632. The maximum atomic E-state index is 10.8. The highest BCUT2D eigenvalue weighted by Crippen LogP contribution is 2.28. The van der Waals surface area contributed by atoms with Crippen molar-refractivity contribution in [2.75, 3.05) is 7.11 Å². The summed E-state index contributed by atoms with van der Waals surface area (Å²) in [6.07, 6.45) is 3.67. The molecule has 0 spiro atoms. The van der Waals surface area contributed by atoms with E-state index in [0.717, 1.165) is 5.56 Å². The molecule has 0 atom stereocenters. The number of aromatic nitrogens is 2. The van der Waals surface area contributed by atoms with Gasteiger partial charge >= 0.3 is 0 Å². The first kappa shape index (κ1) is 11.7. The van der Waals surface area contributed by atoms with Crippen LogP contribution in [-0.4, -0.2) is 23.4 Å². The van der Waals surface area contributed by atoms with E-state index in [9.17, 15) is 4.79 Å². The fourth-order valence-corrected chi connectivity index (χ4v) is 1.56. The van der Waals surface area contributed by atoms with Crippen LogP contribution in [0.1, 0.15) is 16.1 Å². The molecule has 2 aromatic heterocycles. The zero-order valence-corrected chi connectivity index (χ0v) is 9.62. The summed E-state index contributed by atoms with van der Waals surface area (Å²) in [5, 5.41) is 8.82. The van der Waals surface area contributed by atoms with Crippen molar-refractivity contribution in [1.82, 2.24) is 9.97 Å². The molecule has 2 rings (SSSR count). The van der Waals surface area contributed by atoms with E-state index in [4.69, 9.17) is 10.00 Å². The molecule has 0 N–H and O–H groups in total. The van der Waals surface area contributed by atoms with Crippen LogP contribution >= 0.6 is 0 Å². The maximum Gasteiger partial charge on any atom is 0.221 e. The predicted octanol–water partition coefficient (Wildman–Crippen LogP) is 1.84. The highest BCUT2D eigenvalue weighted by Gasteiger charge is 2.09. The van der Waals surface area contributed by atoms with Crippen molar-refractivity contribution in [3.63, 3.8) is 0 Å². The topological polar surface area (TPSA) is 75.9 Å². The Morgan fingerprint density at radius 2 is 2.22 bits per heavy atom. The SMILES string of the molecule is COc1ncc(C=O)cc1-c1ccnc(C#N)c1. The van der Waals surface area contributed by atoms with Crippen LogP contribution in [0.4, 0.5) is 0 Å². The van der Waals surface area contributed by atoms with Crippen molar-refractivity contribution in [2.45, 2.75) is 0 Å². The van der Waals surface area contributed by atoms with E-state index in [1.165, 1.54) is 19.5 Å². The normalized spacial score (nSPS) is 9.56. The van der Waals surface area contributed by atoms with E-state index in [1.54, 1.807) is 18.2 Å². The van der Waals surface area contributed by atoms with Gasteiger partial charge in [-0.25, -0.2) is 9.97 Å². The molecule has 0 saturated carbocycles. The minimum Gasteiger partial charge on any atom is -0.481 e. The third-order valence-electron chi connectivity index (χ3n) is 2.39. The lowest BCUT2D eigenvalue weighted by molar-refractivity contribution is 0.112. The largest absolute Gasteiger partial charge is 0.481 e. The Morgan fingerprint density at radius 3 is 2.89 bits per heavy atom. The fraction of sp³-hybridized carbons (Fsp3) is 0.0769. The highest BCUT2D eigenvalue weighted by atomic mass is 16.5. The number of hydrogen-bond donors (Lipinski definition) is 0. The number of ether oxygens (including phenoxy) is 1. The Morgan fingerprint density at radius 1 is 1.39 bits per heavy atom. The second-order valence-electron chi connectivity index (χ2n) is 3.48. The third-order valence-corrected chi connectivity index (χ3v) is 2.39. The summed E-state index contributed by atoms with van der Waals surface area (Å²) in [6.45, 7) is 0. The Balaban J connectivity index is 2.61. The molecule has 0 aromatic carbocycles. The molecule has 0 aliphatic heterocycles. The fourth-order valence-electron chi connectivity index (χ4n) is 1.56. The molecule has 0 saturated heterocycles. The van der Waals surface area contributed by atoms with Gasteiger partial charge in [-0.15, -0.1) is 0 Å². The van der Waals surface area contributed by atoms with Gasteiger partial charge in [0.2, 0.25) is 5.88 Å². The lowest BCUT2D eigenvalue weighted by atomic mass is 10.1. The third kappa shape index (κ3) is 2.18. The summed E-state index contributed by atoms with van der Waals surface area (Å²) in [5.41, 5.74) is 2.13. The van der Waals surface area contributed by atoms with Crippen LogP contribution in [0, 0.1) is 11.3 Å². The van der Waals surface area contributed by atoms with Gasteiger partial charge in [-0.1, -0.05) is 0 Å². The Kier molecular flexibility index (Phi) is 3.30. The minimum atomic E-state index is 0.297. The first-order valence-electron chi connectivity index (χ1n) is 5.14. The highest BCUT2D eigenvalue weighted by molar-refractivity contribution is 5.80. The Hall–Kier alpha value is -2.74. The molecule has 2 aromatic rings. The molecule has 0 bridgehead atoms. The Labute approximate surface area is 104 Å². The summed E-state index contributed by atoms with van der Waals surface area (Å²) in [6, 6.07) is 6.97. The molecule has 0 fully saturated rings. The van der Waals surface area contributed by atoms with Gasteiger partial charge in [0.25, 0.3) is 0 Å². The van der Waals surface area contributed by atoms with E-state index in [1.807, 2.05) is 6.07 Å². The molecular formula is C13H9N3O2. The number of aldehydes is 1. The molecule has 0 aliphatic rings. The quantitative estimate of drug-likeness (QED) is 0.764. The van der Waals surface area contributed by atoms with Crippen LogP contribution in [0.2, 0.25) is 0 Å². The summed E-state index contributed by atoms with van der Waals surface area (Å²) in [7, 11) is 1.50. The number of pyridine rings is 2. The van der Waals surface area contributed by atoms with E-state index in [-0.39, 0.29) is 0 Å². The van der Waals surface area contributed by atoms with Crippen LogP contribution in [0.25, 0.3) is 11.1 Å². The zero-order chi connectivity index (χ0) is 13.0. The van der Waals surface area contributed by atoms with Crippen molar-refractivity contribution in [1.29, 1.82) is 5.26 Å². The summed E-state index contributed by atoms with van der Waals surface area (Å²) in [4.78, 5) is 18.7. The molecule has 5 heteroatoms. The van der Waals surface area contributed by atoms with Gasteiger partial charge in [0.1, 0.15) is 11.8 Å². The summed E-state index contributed by atoms with van der Waals surface area (Å²) >= 11 is 0. The maximum absolute atomic E-state index is 10.8. The van der Waals surface area contributed by atoms with Gasteiger partial charge in [-0.05, 0) is 23.8 Å². The zero-order valence-electron chi connectivity index (χ0n) is 9.62. The van der Waals surface area contributed by atoms with Crippen LogP contribution in [0.15, 0.2) is 30.6 Å². The van der Waals surface area contributed by atoms with Crippen molar-refractivity contribution in [3.05, 3.63) is 41.9 Å². The molecule has 0 amide bonds. The van der Waals surface area contributed by atoms with E-state index >= 15 is 0 Å².